The molecule has 0 aromatic carbocycles. The minimum Gasteiger partial charge on any atom is -0.459 e. The summed E-state index contributed by atoms with van der Waals surface area (Å²) in [5, 5.41) is 0. The molecule has 3 heteroatoms. The summed E-state index contributed by atoms with van der Waals surface area (Å²) in [6.07, 6.45) is 11.5. The summed E-state index contributed by atoms with van der Waals surface area (Å²) in [6.45, 7) is 0.782. The van der Waals surface area contributed by atoms with Crippen molar-refractivity contribution in [2.24, 2.45) is 0 Å². The van der Waals surface area contributed by atoms with Crippen molar-refractivity contribution in [1.82, 2.24) is 4.98 Å². The van der Waals surface area contributed by atoms with Gasteiger partial charge in [0.25, 0.3) is 0 Å². The highest BCUT2D eigenvalue weighted by Crippen LogP contribution is 2.36. The SMILES string of the molecule is C1=CC2(CCCO2)O/C1=C\c1cccnc1. The van der Waals surface area contributed by atoms with E-state index in [2.05, 4.69) is 4.98 Å². The van der Waals surface area contributed by atoms with Gasteiger partial charge in [0.05, 0.1) is 6.61 Å². The van der Waals surface area contributed by atoms with Crippen LogP contribution in [-0.2, 0) is 9.47 Å². The summed E-state index contributed by atoms with van der Waals surface area (Å²) in [7, 11) is 0. The molecule has 82 valence electrons. The van der Waals surface area contributed by atoms with Gasteiger partial charge < -0.3 is 9.47 Å². The fourth-order valence-electron chi connectivity index (χ4n) is 2.03. The maximum Gasteiger partial charge on any atom is 0.230 e. The Morgan fingerprint density at radius 2 is 2.44 bits per heavy atom. The lowest BCUT2D eigenvalue weighted by Crippen LogP contribution is -2.24. The van der Waals surface area contributed by atoms with Crippen molar-refractivity contribution in [2.75, 3.05) is 6.61 Å². The third-order valence-electron chi connectivity index (χ3n) is 2.80. The van der Waals surface area contributed by atoms with Gasteiger partial charge in [-0.3, -0.25) is 4.98 Å². The van der Waals surface area contributed by atoms with E-state index in [4.69, 9.17) is 9.47 Å². The van der Waals surface area contributed by atoms with E-state index in [0.717, 1.165) is 30.8 Å². The van der Waals surface area contributed by atoms with Crippen molar-refractivity contribution in [3.05, 3.63) is 48.0 Å². The maximum absolute atomic E-state index is 5.81. The largest absolute Gasteiger partial charge is 0.459 e. The van der Waals surface area contributed by atoms with Gasteiger partial charge in [0.2, 0.25) is 5.79 Å². The summed E-state index contributed by atoms with van der Waals surface area (Å²) in [5.74, 6) is 0.364. The zero-order chi connectivity index (χ0) is 10.8. The number of aromatic nitrogens is 1. The summed E-state index contributed by atoms with van der Waals surface area (Å²) in [6, 6.07) is 3.91. The predicted octanol–water partition coefficient (Wildman–Crippen LogP) is 2.52. The van der Waals surface area contributed by atoms with Crippen molar-refractivity contribution in [3.63, 3.8) is 0 Å². The molecule has 0 saturated carbocycles. The summed E-state index contributed by atoms with van der Waals surface area (Å²) >= 11 is 0. The van der Waals surface area contributed by atoms with E-state index in [0.29, 0.717) is 0 Å². The van der Waals surface area contributed by atoms with Crippen LogP contribution in [0.1, 0.15) is 18.4 Å². The van der Waals surface area contributed by atoms with Gasteiger partial charge in [0.1, 0.15) is 5.76 Å². The van der Waals surface area contributed by atoms with Crippen LogP contribution >= 0.6 is 0 Å². The van der Waals surface area contributed by atoms with E-state index in [1.807, 2.05) is 36.6 Å². The molecule has 1 aromatic rings. The molecule has 2 aliphatic rings. The number of hydrogen-bond donors (Lipinski definition) is 0. The Morgan fingerprint density at radius 3 is 3.19 bits per heavy atom. The van der Waals surface area contributed by atoms with E-state index < -0.39 is 5.79 Å². The van der Waals surface area contributed by atoms with Crippen LogP contribution in [0.15, 0.2) is 42.4 Å². The number of allylic oxidation sites excluding steroid dienone is 1. The van der Waals surface area contributed by atoms with E-state index in [-0.39, 0.29) is 0 Å². The number of hydrogen-bond acceptors (Lipinski definition) is 3. The van der Waals surface area contributed by atoms with Gasteiger partial charge in [-0.2, -0.15) is 0 Å². The highest BCUT2D eigenvalue weighted by Gasteiger charge is 2.38. The fourth-order valence-corrected chi connectivity index (χ4v) is 2.03. The van der Waals surface area contributed by atoms with E-state index >= 15 is 0 Å². The third kappa shape index (κ3) is 1.74. The lowest BCUT2D eigenvalue weighted by atomic mass is 10.2. The molecule has 1 unspecified atom stereocenters. The number of pyridine rings is 1. The molecule has 3 heterocycles. The maximum atomic E-state index is 5.81. The van der Waals surface area contributed by atoms with Gasteiger partial charge in [-0.15, -0.1) is 0 Å². The third-order valence-corrected chi connectivity index (χ3v) is 2.80. The van der Waals surface area contributed by atoms with Gasteiger partial charge in [-0.05, 0) is 36.3 Å². The van der Waals surface area contributed by atoms with Crippen LogP contribution in [0.2, 0.25) is 0 Å². The smallest absolute Gasteiger partial charge is 0.230 e. The van der Waals surface area contributed by atoms with Crippen LogP contribution < -0.4 is 0 Å². The second-order valence-electron chi connectivity index (χ2n) is 4.03. The molecule has 0 N–H and O–H groups in total. The van der Waals surface area contributed by atoms with Crippen LogP contribution in [-0.4, -0.2) is 17.4 Å². The number of rotatable bonds is 1. The molecule has 0 bridgehead atoms. The fraction of sp³-hybridized carbons (Fsp3) is 0.308. The summed E-state index contributed by atoms with van der Waals surface area (Å²) in [4.78, 5) is 4.06. The molecule has 0 aliphatic carbocycles. The topological polar surface area (TPSA) is 31.4 Å². The molecule has 1 fully saturated rings. The first-order valence-electron chi connectivity index (χ1n) is 5.50. The quantitative estimate of drug-likeness (QED) is 0.721. The second-order valence-corrected chi connectivity index (χ2v) is 4.03. The molecule has 0 amide bonds. The van der Waals surface area contributed by atoms with Gasteiger partial charge in [0.15, 0.2) is 0 Å². The van der Waals surface area contributed by atoms with E-state index in [1.165, 1.54) is 0 Å². The Labute approximate surface area is 94.4 Å². The van der Waals surface area contributed by atoms with Crippen molar-refractivity contribution in [2.45, 2.75) is 18.6 Å². The van der Waals surface area contributed by atoms with Gasteiger partial charge in [0, 0.05) is 18.8 Å². The summed E-state index contributed by atoms with van der Waals surface area (Å²) in [5.41, 5.74) is 1.04. The van der Waals surface area contributed by atoms with Crippen molar-refractivity contribution in [1.29, 1.82) is 0 Å². The Bertz CT molecular complexity index is 431. The minimum absolute atomic E-state index is 0.478. The van der Waals surface area contributed by atoms with Crippen LogP contribution in [0.25, 0.3) is 6.08 Å². The van der Waals surface area contributed by atoms with Crippen LogP contribution in [0, 0.1) is 0 Å². The molecule has 1 spiro atoms. The predicted molar refractivity (Wildman–Crippen MR) is 60.4 cm³/mol. The number of nitrogens with zero attached hydrogens (tertiary/aromatic N) is 1. The molecule has 0 radical (unpaired) electrons. The average molecular weight is 215 g/mol. The highest BCUT2D eigenvalue weighted by atomic mass is 16.7. The minimum atomic E-state index is -0.478. The molecule has 2 aliphatic heterocycles. The normalized spacial score (nSPS) is 30.1. The van der Waals surface area contributed by atoms with Crippen molar-refractivity contribution >= 4 is 6.08 Å². The molecule has 3 rings (SSSR count). The summed E-state index contributed by atoms with van der Waals surface area (Å²) < 4.78 is 11.4. The van der Waals surface area contributed by atoms with Crippen molar-refractivity contribution in [3.8, 4) is 0 Å². The molecule has 3 nitrogen and oxygen atoms in total. The van der Waals surface area contributed by atoms with Gasteiger partial charge in [-0.25, -0.2) is 0 Å². The van der Waals surface area contributed by atoms with Crippen molar-refractivity contribution < 1.29 is 9.47 Å². The second kappa shape index (κ2) is 3.76. The molecule has 16 heavy (non-hydrogen) atoms. The lowest BCUT2D eigenvalue weighted by molar-refractivity contribution is -0.135. The first-order chi connectivity index (χ1) is 7.86. The van der Waals surface area contributed by atoms with E-state index in [9.17, 15) is 0 Å². The average Bonchev–Trinajstić information content (AvgIpc) is 2.92. The zero-order valence-corrected chi connectivity index (χ0v) is 8.93. The van der Waals surface area contributed by atoms with Crippen LogP contribution in [0.5, 0.6) is 0 Å². The monoisotopic (exact) mass is 215 g/mol. The van der Waals surface area contributed by atoms with Gasteiger partial charge in [-0.1, -0.05) is 6.07 Å². The zero-order valence-electron chi connectivity index (χ0n) is 8.93. The first-order valence-corrected chi connectivity index (χ1v) is 5.50. The molecular formula is C13H13NO2. The van der Waals surface area contributed by atoms with E-state index in [1.54, 1.807) is 6.20 Å². The number of ether oxygens (including phenoxy) is 2. The lowest BCUT2D eigenvalue weighted by Gasteiger charge is -2.20. The molecule has 1 saturated heterocycles. The highest BCUT2D eigenvalue weighted by molar-refractivity contribution is 5.54. The first kappa shape index (κ1) is 9.60. The Morgan fingerprint density at radius 1 is 1.44 bits per heavy atom. The van der Waals surface area contributed by atoms with Crippen LogP contribution in [0.4, 0.5) is 0 Å². The Balaban J connectivity index is 1.80. The van der Waals surface area contributed by atoms with Crippen LogP contribution in [0.3, 0.4) is 0 Å². The Kier molecular flexibility index (Phi) is 2.26. The van der Waals surface area contributed by atoms with Gasteiger partial charge >= 0.3 is 0 Å². The standard InChI is InChI=1S/C13H13NO2/c1-3-11(10-14-7-1)9-12-4-6-13(16-12)5-2-8-15-13/h1,3-4,6-7,9-10H,2,5,8H2/b12-9-. The molecule has 1 atom stereocenters. The molecule has 1 aromatic heterocycles. The Hall–Kier alpha value is -1.61. The molecular weight excluding hydrogens is 202 g/mol.